The number of fused-ring (bicyclic) bond motifs is 2. The monoisotopic (exact) mass is 309 g/mol. The Labute approximate surface area is 135 Å². The maximum atomic E-state index is 4.68. The molecule has 22 heavy (non-hydrogen) atoms. The number of rotatable bonds is 1. The topological polar surface area (TPSA) is 31.9 Å². The van der Waals surface area contributed by atoms with E-state index in [2.05, 4.69) is 65.6 Å². The van der Waals surface area contributed by atoms with E-state index in [-0.39, 0.29) is 0 Å². The first-order valence-corrected chi connectivity index (χ1v) is 8.08. The van der Waals surface area contributed by atoms with Crippen LogP contribution in [0.5, 0.6) is 0 Å². The Kier molecular flexibility index (Phi) is 3.15. The van der Waals surface area contributed by atoms with Crippen molar-refractivity contribution in [1.29, 1.82) is 0 Å². The van der Waals surface area contributed by atoms with Gasteiger partial charge in [-0.15, -0.1) is 12.6 Å². The van der Waals surface area contributed by atoms with E-state index < -0.39 is 0 Å². The van der Waals surface area contributed by atoms with Gasteiger partial charge in [0.25, 0.3) is 0 Å². The van der Waals surface area contributed by atoms with Crippen LogP contribution in [-0.2, 0) is 13.0 Å². The van der Waals surface area contributed by atoms with Crippen LogP contribution in [0.2, 0.25) is 0 Å². The number of aromatic nitrogens is 2. The average Bonchev–Trinajstić information content (AvgIpc) is 2.83. The van der Waals surface area contributed by atoms with Gasteiger partial charge in [-0.05, 0) is 37.0 Å². The average molecular weight is 309 g/mol. The summed E-state index contributed by atoms with van der Waals surface area (Å²) in [5, 5.41) is 1.20. The molecule has 2 aromatic heterocycles. The van der Waals surface area contributed by atoms with Crippen molar-refractivity contribution in [2.24, 2.45) is 0 Å². The standard InChI is InChI=1S/C18H19N3S/c1-11-12(2)20-17-16(11)15(22)9-19-18(17)21-8-7-13-5-3-4-6-14(13)10-21/h3-6,9,20,22H,7-8,10H2,1-2H3. The molecule has 0 atom stereocenters. The summed E-state index contributed by atoms with van der Waals surface area (Å²) in [4.78, 5) is 11.5. The minimum atomic E-state index is 0.918. The highest BCUT2D eigenvalue weighted by Crippen LogP contribution is 2.34. The minimum absolute atomic E-state index is 0.918. The smallest absolute Gasteiger partial charge is 0.153 e. The van der Waals surface area contributed by atoms with E-state index in [4.69, 9.17) is 0 Å². The Hall–Kier alpha value is -1.94. The van der Waals surface area contributed by atoms with Crippen molar-refractivity contribution in [2.45, 2.75) is 31.7 Å². The van der Waals surface area contributed by atoms with Crippen LogP contribution in [0.15, 0.2) is 35.4 Å². The highest BCUT2D eigenvalue weighted by Gasteiger charge is 2.21. The molecule has 1 N–H and O–H groups in total. The molecule has 0 aliphatic carbocycles. The number of hydrogen-bond donors (Lipinski definition) is 2. The van der Waals surface area contributed by atoms with Gasteiger partial charge in [0.05, 0.1) is 5.52 Å². The van der Waals surface area contributed by atoms with Gasteiger partial charge in [0.2, 0.25) is 0 Å². The summed E-state index contributed by atoms with van der Waals surface area (Å²) in [6, 6.07) is 8.69. The number of thiol groups is 1. The minimum Gasteiger partial charge on any atom is -0.355 e. The number of nitrogens with one attached hydrogen (secondary N) is 1. The molecular formula is C18H19N3S. The Balaban J connectivity index is 1.83. The van der Waals surface area contributed by atoms with Crippen molar-refractivity contribution >= 4 is 29.3 Å². The van der Waals surface area contributed by atoms with Crippen LogP contribution in [0.3, 0.4) is 0 Å². The first-order chi connectivity index (χ1) is 10.6. The molecule has 4 heteroatoms. The highest BCUT2D eigenvalue weighted by atomic mass is 32.1. The van der Waals surface area contributed by atoms with Crippen LogP contribution in [-0.4, -0.2) is 16.5 Å². The van der Waals surface area contributed by atoms with Gasteiger partial charge in [-0.3, -0.25) is 0 Å². The van der Waals surface area contributed by atoms with E-state index in [9.17, 15) is 0 Å². The molecule has 1 aromatic carbocycles. The molecule has 0 saturated carbocycles. The van der Waals surface area contributed by atoms with E-state index in [1.165, 1.54) is 27.8 Å². The fourth-order valence-electron chi connectivity index (χ4n) is 3.37. The van der Waals surface area contributed by atoms with Gasteiger partial charge in [-0.2, -0.15) is 0 Å². The van der Waals surface area contributed by atoms with Gasteiger partial charge >= 0.3 is 0 Å². The fourth-order valence-corrected chi connectivity index (χ4v) is 3.71. The highest BCUT2D eigenvalue weighted by molar-refractivity contribution is 7.80. The van der Waals surface area contributed by atoms with Crippen molar-refractivity contribution in [2.75, 3.05) is 11.4 Å². The summed E-state index contributed by atoms with van der Waals surface area (Å²) in [6.07, 6.45) is 2.95. The van der Waals surface area contributed by atoms with Crippen LogP contribution < -0.4 is 4.90 Å². The van der Waals surface area contributed by atoms with Crippen molar-refractivity contribution < 1.29 is 0 Å². The predicted molar refractivity (Wildman–Crippen MR) is 94.0 cm³/mol. The zero-order valence-electron chi connectivity index (χ0n) is 12.8. The normalized spacial score (nSPS) is 14.4. The SMILES string of the molecule is Cc1[nH]c2c(N3CCc4ccccc4C3)ncc(S)c2c1C. The lowest BCUT2D eigenvalue weighted by molar-refractivity contribution is 0.723. The van der Waals surface area contributed by atoms with Crippen LogP contribution >= 0.6 is 12.6 Å². The van der Waals surface area contributed by atoms with Crippen LogP contribution in [0, 0.1) is 13.8 Å². The van der Waals surface area contributed by atoms with Crippen molar-refractivity contribution in [3.8, 4) is 0 Å². The van der Waals surface area contributed by atoms with Crippen LogP contribution in [0.4, 0.5) is 5.82 Å². The van der Waals surface area contributed by atoms with Crippen molar-refractivity contribution in [1.82, 2.24) is 9.97 Å². The molecule has 0 fully saturated rings. The third-order valence-corrected chi connectivity index (χ3v) is 5.06. The van der Waals surface area contributed by atoms with Gasteiger partial charge in [-0.1, -0.05) is 24.3 Å². The molecule has 0 amide bonds. The second-order valence-electron chi connectivity index (χ2n) is 6.03. The zero-order chi connectivity index (χ0) is 15.3. The Morgan fingerprint density at radius 1 is 1.18 bits per heavy atom. The number of anilines is 1. The molecule has 3 aromatic rings. The largest absolute Gasteiger partial charge is 0.355 e. The molecule has 0 spiro atoms. The third-order valence-electron chi connectivity index (χ3n) is 4.72. The van der Waals surface area contributed by atoms with Gasteiger partial charge in [0, 0.05) is 35.3 Å². The molecular weight excluding hydrogens is 290 g/mol. The molecule has 4 rings (SSSR count). The Bertz CT molecular complexity index is 866. The van der Waals surface area contributed by atoms with Gasteiger partial charge in [0.1, 0.15) is 0 Å². The quantitative estimate of drug-likeness (QED) is 0.665. The van der Waals surface area contributed by atoms with Gasteiger partial charge in [-0.25, -0.2) is 4.98 Å². The molecule has 3 nitrogen and oxygen atoms in total. The number of nitrogens with zero attached hydrogens (tertiary/aromatic N) is 2. The van der Waals surface area contributed by atoms with E-state index >= 15 is 0 Å². The molecule has 1 aliphatic heterocycles. The molecule has 0 bridgehead atoms. The number of aryl methyl sites for hydroxylation is 2. The number of aromatic amines is 1. The van der Waals surface area contributed by atoms with Crippen LogP contribution in [0.25, 0.3) is 10.9 Å². The number of hydrogen-bond acceptors (Lipinski definition) is 3. The first-order valence-electron chi connectivity index (χ1n) is 7.63. The maximum absolute atomic E-state index is 4.68. The van der Waals surface area contributed by atoms with Crippen LogP contribution in [0.1, 0.15) is 22.4 Å². The molecule has 0 radical (unpaired) electrons. The first kappa shape index (κ1) is 13.7. The van der Waals surface area contributed by atoms with E-state index in [0.717, 1.165) is 35.7 Å². The molecule has 112 valence electrons. The molecule has 0 saturated heterocycles. The fraction of sp³-hybridized carbons (Fsp3) is 0.278. The lowest BCUT2D eigenvalue weighted by Crippen LogP contribution is -2.31. The van der Waals surface area contributed by atoms with Gasteiger partial charge < -0.3 is 9.88 Å². The van der Waals surface area contributed by atoms with Crippen molar-refractivity contribution in [3.05, 3.63) is 52.8 Å². The number of benzene rings is 1. The summed E-state index contributed by atoms with van der Waals surface area (Å²) in [5.41, 5.74) is 6.43. The summed E-state index contributed by atoms with van der Waals surface area (Å²) in [7, 11) is 0. The van der Waals surface area contributed by atoms with Gasteiger partial charge in [0.15, 0.2) is 5.82 Å². The summed E-state index contributed by atoms with van der Waals surface area (Å²) < 4.78 is 0. The second-order valence-corrected chi connectivity index (χ2v) is 6.51. The summed E-state index contributed by atoms with van der Waals surface area (Å²) in [6.45, 7) is 6.17. The van der Waals surface area contributed by atoms with Crippen molar-refractivity contribution in [3.63, 3.8) is 0 Å². The molecule has 3 heterocycles. The zero-order valence-corrected chi connectivity index (χ0v) is 13.7. The van der Waals surface area contributed by atoms with E-state index in [0.29, 0.717) is 0 Å². The lowest BCUT2D eigenvalue weighted by atomic mass is 10.00. The lowest BCUT2D eigenvalue weighted by Gasteiger charge is -2.30. The third kappa shape index (κ3) is 2.02. The molecule has 1 aliphatic rings. The summed E-state index contributed by atoms with van der Waals surface area (Å²) >= 11 is 4.59. The second kappa shape index (κ2) is 5.06. The number of H-pyrrole nitrogens is 1. The predicted octanol–water partition coefficient (Wildman–Crippen LogP) is 4.03. The Morgan fingerprint density at radius 2 is 1.95 bits per heavy atom. The maximum Gasteiger partial charge on any atom is 0.153 e. The van der Waals surface area contributed by atoms with E-state index in [1.807, 2.05) is 6.20 Å². The summed E-state index contributed by atoms with van der Waals surface area (Å²) in [5.74, 6) is 1.04. The van der Waals surface area contributed by atoms with E-state index in [1.54, 1.807) is 0 Å². The molecule has 0 unspecified atom stereocenters. The number of pyridine rings is 1. The Morgan fingerprint density at radius 3 is 2.77 bits per heavy atom.